The van der Waals surface area contributed by atoms with E-state index in [2.05, 4.69) is 19.9 Å². The van der Waals surface area contributed by atoms with Gasteiger partial charge >= 0.3 is 0 Å². The molecule has 0 atom stereocenters. The van der Waals surface area contributed by atoms with Crippen molar-refractivity contribution in [2.45, 2.75) is 58.8 Å². The second-order valence-corrected chi connectivity index (χ2v) is 4.33. The van der Waals surface area contributed by atoms with Crippen molar-refractivity contribution in [1.82, 2.24) is 0 Å². The van der Waals surface area contributed by atoms with Crippen LogP contribution in [-0.4, -0.2) is 0 Å². The van der Waals surface area contributed by atoms with E-state index in [0.29, 0.717) is 0 Å². The Morgan fingerprint density at radius 3 is 2.00 bits per heavy atom. The zero-order valence-electron chi connectivity index (χ0n) is 8.60. The molecule has 0 amide bonds. The summed E-state index contributed by atoms with van der Waals surface area (Å²) in [6.07, 6.45) is 12.3. The Labute approximate surface area is 77.1 Å². The lowest BCUT2D eigenvalue weighted by Gasteiger charge is -1.91. The normalized spacial score (nSPS) is 23.3. The zero-order chi connectivity index (χ0) is 8.81. The first-order valence-corrected chi connectivity index (χ1v) is 5.44. The Bertz CT molecular complexity index is 138. The molecule has 0 aliphatic heterocycles. The van der Waals surface area contributed by atoms with Gasteiger partial charge in [-0.05, 0) is 32.1 Å². The average molecular weight is 166 g/mol. The summed E-state index contributed by atoms with van der Waals surface area (Å²) in [5.74, 6) is 1.05. The molecular weight excluding hydrogens is 144 g/mol. The number of allylic oxidation sites excluding steroid dienone is 2. The second kappa shape index (κ2) is 5.40. The predicted octanol–water partition coefficient (Wildman–Crippen LogP) is 4.31. The first-order chi connectivity index (χ1) is 5.79. The minimum atomic E-state index is 1.05. The van der Waals surface area contributed by atoms with E-state index in [-0.39, 0.29) is 0 Å². The molecule has 0 aromatic carbocycles. The highest BCUT2D eigenvalue weighted by atomic mass is 14.1. The van der Waals surface area contributed by atoms with E-state index in [1.165, 1.54) is 44.9 Å². The van der Waals surface area contributed by atoms with Gasteiger partial charge in [-0.2, -0.15) is 0 Å². The molecule has 2 aliphatic carbocycles. The molecule has 0 aromatic heterocycles. The van der Waals surface area contributed by atoms with Crippen LogP contribution >= 0.6 is 0 Å². The molecule has 1 fully saturated rings. The quantitative estimate of drug-likeness (QED) is 0.470. The van der Waals surface area contributed by atoms with Gasteiger partial charge in [0.1, 0.15) is 0 Å². The van der Waals surface area contributed by atoms with Gasteiger partial charge in [-0.15, -0.1) is 0 Å². The molecule has 0 bridgehead atoms. The van der Waals surface area contributed by atoms with Crippen molar-refractivity contribution < 1.29 is 0 Å². The highest BCUT2D eigenvalue weighted by molar-refractivity contribution is 5.02. The van der Waals surface area contributed by atoms with E-state index in [0.717, 1.165) is 5.92 Å². The summed E-state index contributed by atoms with van der Waals surface area (Å²) in [6.45, 7) is 4.54. The molecule has 0 N–H and O–H groups in total. The van der Waals surface area contributed by atoms with E-state index in [1.807, 2.05) is 0 Å². The molecule has 0 nitrogen and oxygen atoms in total. The van der Waals surface area contributed by atoms with Gasteiger partial charge in [-0.1, -0.05) is 44.3 Å². The van der Waals surface area contributed by atoms with Crippen molar-refractivity contribution >= 4 is 0 Å². The van der Waals surface area contributed by atoms with Crippen LogP contribution in [0.15, 0.2) is 11.6 Å². The van der Waals surface area contributed by atoms with Gasteiger partial charge in [-0.25, -0.2) is 0 Å². The SMILES string of the molecule is CC1=CCCC1.CC1CCCC1. The lowest BCUT2D eigenvalue weighted by Crippen LogP contribution is -1.78. The molecule has 2 aliphatic rings. The summed E-state index contributed by atoms with van der Waals surface area (Å²) in [5.41, 5.74) is 1.58. The van der Waals surface area contributed by atoms with Crippen LogP contribution in [0.4, 0.5) is 0 Å². The summed E-state index contributed by atoms with van der Waals surface area (Å²) in [7, 11) is 0. The van der Waals surface area contributed by atoms with Crippen LogP contribution in [0.2, 0.25) is 0 Å². The van der Waals surface area contributed by atoms with E-state index in [4.69, 9.17) is 0 Å². The molecule has 0 spiro atoms. The summed E-state index contributed by atoms with van der Waals surface area (Å²) in [4.78, 5) is 0. The largest absolute Gasteiger partial charge is 0.0856 e. The van der Waals surface area contributed by atoms with Crippen molar-refractivity contribution in [3.8, 4) is 0 Å². The number of hydrogen-bond acceptors (Lipinski definition) is 0. The van der Waals surface area contributed by atoms with Crippen molar-refractivity contribution in [2.75, 3.05) is 0 Å². The highest BCUT2D eigenvalue weighted by Crippen LogP contribution is 2.22. The number of hydrogen-bond donors (Lipinski definition) is 0. The smallest absolute Gasteiger partial charge is 0.0320 e. The monoisotopic (exact) mass is 166 g/mol. The predicted molar refractivity (Wildman–Crippen MR) is 55.2 cm³/mol. The lowest BCUT2D eigenvalue weighted by atomic mass is 10.2. The maximum absolute atomic E-state index is 2.34. The maximum Gasteiger partial charge on any atom is -0.0320 e. The summed E-state index contributed by atoms with van der Waals surface area (Å²) in [5, 5.41) is 0. The Kier molecular flexibility index (Phi) is 4.42. The molecule has 70 valence electrons. The van der Waals surface area contributed by atoms with Gasteiger partial charge in [0, 0.05) is 0 Å². The summed E-state index contributed by atoms with van der Waals surface area (Å²) >= 11 is 0. The van der Waals surface area contributed by atoms with Crippen LogP contribution < -0.4 is 0 Å². The fourth-order valence-corrected chi connectivity index (χ4v) is 1.96. The van der Waals surface area contributed by atoms with Crippen LogP contribution in [-0.2, 0) is 0 Å². The van der Waals surface area contributed by atoms with Crippen molar-refractivity contribution in [3.63, 3.8) is 0 Å². The minimum absolute atomic E-state index is 1.05. The van der Waals surface area contributed by atoms with E-state index < -0.39 is 0 Å². The summed E-state index contributed by atoms with van der Waals surface area (Å²) in [6, 6.07) is 0. The maximum atomic E-state index is 2.34. The van der Waals surface area contributed by atoms with Crippen LogP contribution in [0.5, 0.6) is 0 Å². The first-order valence-electron chi connectivity index (χ1n) is 5.44. The van der Waals surface area contributed by atoms with Crippen molar-refractivity contribution in [1.29, 1.82) is 0 Å². The fraction of sp³-hybridized carbons (Fsp3) is 0.833. The van der Waals surface area contributed by atoms with E-state index >= 15 is 0 Å². The van der Waals surface area contributed by atoms with Crippen LogP contribution in [0, 0.1) is 5.92 Å². The van der Waals surface area contributed by atoms with Gasteiger partial charge in [0.15, 0.2) is 0 Å². The van der Waals surface area contributed by atoms with E-state index in [9.17, 15) is 0 Å². The standard InChI is InChI=1S/C6H12.C6H10/c2*1-6-4-2-3-5-6/h6H,2-5H2,1H3;4H,2-3,5H2,1H3. The Balaban J connectivity index is 0.000000120. The Morgan fingerprint density at radius 2 is 1.83 bits per heavy atom. The fourth-order valence-electron chi connectivity index (χ4n) is 1.96. The molecule has 0 radical (unpaired) electrons. The van der Waals surface area contributed by atoms with Crippen LogP contribution in [0.25, 0.3) is 0 Å². The molecule has 1 saturated carbocycles. The Hall–Kier alpha value is -0.260. The van der Waals surface area contributed by atoms with Gasteiger partial charge in [0.25, 0.3) is 0 Å². The van der Waals surface area contributed by atoms with Gasteiger partial charge in [0.2, 0.25) is 0 Å². The minimum Gasteiger partial charge on any atom is -0.0856 e. The van der Waals surface area contributed by atoms with Crippen LogP contribution in [0.1, 0.15) is 58.8 Å². The molecule has 0 heterocycles. The highest BCUT2D eigenvalue weighted by Gasteiger charge is 2.07. The van der Waals surface area contributed by atoms with Gasteiger partial charge < -0.3 is 0 Å². The number of rotatable bonds is 0. The molecule has 0 saturated heterocycles. The lowest BCUT2D eigenvalue weighted by molar-refractivity contribution is 0.612. The molecular formula is C12H22. The van der Waals surface area contributed by atoms with Crippen LogP contribution in [0.3, 0.4) is 0 Å². The van der Waals surface area contributed by atoms with Crippen molar-refractivity contribution in [2.24, 2.45) is 5.92 Å². The molecule has 0 aromatic rings. The molecule has 0 heteroatoms. The topological polar surface area (TPSA) is 0 Å². The third-order valence-electron chi connectivity index (χ3n) is 2.91. The third kappa shape index (κ3) is 3.94. The Morgan fingerprint density at radius 1 is 1.17 bits per heavy atom. The van der Waals surface area contributed by atoms with Crippen molar-refractivity contribution in [3.05, 3.63) is 11.6 Å². The first kappa shape index (κ1) is 9.83. The van der Waals surface area contributed by atoms with Gasteiger partial charge in [0.05, 0.1) is 0 Å². The molecule has 0 unspecified atom stereocenters. The molecule has 12 heavy (non-hydrogen) atoms. The zero-order valence-corrected chi connectivity index (χ0v) is 8.60. The molecule has 2 rings (SSSR count). The second-order valence-electron chi connectivity index (χ2n) is 4.33. The van der Waals surface area contributed by atoms with Gasteiger partial charge in [-0.3, -0.25) is 0 Å². The average Bonchev–Trinajstić information content (AvgIpc) is 2.63. The third-order valence-corrected chi connectivity index (χ3v) is 2.91. The van der Waals surface area contributed by atoms with E-state index in [1.54, 1.807) is 5.57 Å². The summed E-state index contributed by atoms with van der Waals surface area (Å²) < 4.78 is 0.